The maximum Gasteiger partial charge on any atom is 0.122 e. The molecule has 0 saturated heterocycles. The lowest BCUT2D eigenvalue weighted by Gasteiger charge is -2.21. The van der Waals surface area contributed by atoms with Crippen LogP contribution in [0.2, 0.25) is 0 Å². The van der Waals surface area contributed by atoms with Crippen molar-refractivity contribution in [2.75, 3.05) is 7.11 Å². The number of aryl methyl sites for hydroxylation is 1. The van der Waals surface area contributed by atoms with E-state index in [0.717, 1.165) is 30.0 Å². The predicted octanol–water partition coefficient (Wildman–Crippen LogP) is 2.58. The molecular weight excluding hydrogens is 240 g/mol. The zero-order chi connectivity index (χ0) is 13.7. The summed E-state index contributed by atoms with van der Waals surface area (Å²) in [6.07, 6.45) is 5.99. The van der Waals surface area contributed by atoms with Crippen LogP contribution in [-0.2, 0) is 11.3 Å². The summed E-state index contributed by atoms with van der Waals surface area (Å²) in [6, 6.07) is 4.00. The molecule has 0 aromatic carbocycles. The van der Waals surface area contributed by atoms with Gasteiger partial charge in [-0.3, -0.25) is 4.98 Å². The Morgan fingerprint density at radius 3 is 2.84 bits per heavy atom. The summed E-state index contributed by atoms with van der Waals surface area (Å²) in [6.45, 7) is 2.47. The van der Waals surface area contributed by atoms with Crippen molar-refractivity contribution in [3.8, 4) is 5.75 Å². The van der Waals surface area contributed by atoms with Gasteiger partial charge >= 0.3 is 0 Å². The van der Waals surface area contributed by atoms with Gasteiger partial charge in [0.05, 0.1) is 25.5 Å². The largest absolute Gasteiger partial charge is 0.497 e. The van der Waals surface area contributed by atoms with Gasteiger partial charge in [0.15, 0.2) is 0 Å². The molecule has 2 N–H and O–H groups in total. The summed E-state index contributed by atoms with van der Waals surface area (Å²) < 4.78 is 11.2. The number of rotatable bonds is 4. The Labute approximate surface area is 115 Å². The van der Waals surface area contributed by atoms with Gasteiger partial charge in [-0.15, -0.1) is 0 Å². The molecule has 0 bridgehead atoms. The van der Waals surface area contributed by atoms with Crippen LogP contribution < -0.4 is 10.5 Å². The number of pyridine rings is 1. The van der Waals surface area contributed by atoms with Crippen LogP contribution in [0, 0.1) is 6.92 Å². The molecule has 2 unspecified atom stereocenters. The molecule has 1 fully saturated rings. The minimum atomic E-state index is 0.161. The van der Waals surface area contributed by atoms with Crippen molar-refractivity contribution in [2.45, 2.75) is 57.8 Å². The van der Waals surface area contributed by atoms with Gasteiger partial charge in [0.1, 0.15) is 5.75 Å². The van der Waals surface area contributed by atoms with Gasteiger partial charge in [-0.2, -0.15) is 0 Å². The Balaban J connectivity index is 1.95. The molecule has 4 heteroatoms. The quantitative estimate of drug-likeness (QED) is 0.849. The van der Waals surface area contributed by atoms with E-state index in [1.807, 2.05) is 19.1 Å². The van der Waals surface area contributed by atoms with Gasteiger partial charge in [0, 0.05) is 23.9 Å². The molecular formula is C15H24N2O2. The molecule has 4 nitrogen and oxygen atoms in total. The first kappa shape index (κ1) is 14.3. The zero-order valence-corrected chi connectivity index (χ0v) is 11.9. The van der Waals surface area contributed by atoms with Crippen LogP contribution in [0.4, 0.5) is 0 Å². The Hall–Kier alpha value is -1.13. The third kappa shape index (κ3) is 4.18. The molecule has 0 spiro atoms. The molecule has 0 radical (unpaired) electrons. The fourth-order valence-electron chi connectivity index (χ4n) is 2.60. The highest BCUT2D eigenvalue weighted by molar-refractivity contribution is 5.26. The van der Waals surface area contributed by atoms with Crippen LogP contribution in [0.3, 0.4) is 0 Å². The smallest absolute Gasteiger partial charge is 0.122 e. The Bertz CT molecular complexity index is 409. The average molecular weight is 264 g/mol. The predicted molar refractivity (Wildman–Crippen MR) is 75.2 cm³/mol. The fourth-order valence-corrected chi connectivity index (χ4v) is 2.60. The van der Waals surface area contributed by atoms with E-state index in [2.05, 4.69) is 4.98 Å². The van der Waals surface area contributed by atoms with Crippen molar-refractivity contribution in [3.63, 3.8) is 0 Å². The highest BCUT2D eigenvalue weighted by atomic mass is 16.5. The van der Waals surface area contributed by atoms with Crippen molar-refractivity contribution >= 4 is 0 Å². The minimum Gasteiger partial charge on any atom is -0.497 e. The SMILES string of the molecule is COc1cc(C)nc(COC2CCCCCC2N)c1. The van der Waals surface area contributed by atoms with E-state index in [4.69, 9.17) is 15.2 Å². The summed E-state index contributed by atoms with van der Waals surface area (Å²) in [7, 11) is 1.67. The first-order chi connectivity index (χ1) is 9.19. The fraction of sp³-hybridized carbons (Fsp3) is 0.667. The van der Waals surface area contributed by atoms with Crippen molar-refractivity contribution in [3.05, 3.63) is 23.5 Å². The Morgan fingerprint density at radius 2 is 2.05 bits per heavy atom. The van der Waals surface area contributed by atoms with Crippen molar-refractivity contribution in [1.82, 2.24) is 4.98 Å². The lowest BCUT2D eigenvalue weighted by Crippen LogP contribution is -2.35. The number of nitrogens with two attached hydrogens (primary N) is 1. The molecule has 1 heterocycles. The average Bonchev–Trinajstić information content (AvgIpc) is 2.60. The van der Waals surface area contributed by atoms with Crippen LogP contribution in [-0.4, -0.2) is 24.2 Å². The number of hydrogen-bond donors (Lipinski definition) is 1. The van der Waals surface area contributed by atoms with E-state index < -0.39 is 0 Å². The van der Waals surface area contributed by atoms with E-state index in [1.165, 1.54) is 19.3 Å². The van der Waals surface area contributed by atoms with Crippen molar-refractivity contribution < 1.29 is 9.47 Å². The lowest BCUT2D eigenvalue weighted by atomic mass is 10.1. The summed E-state index contributed by atoms with van der Waals surface area (Å²) in [5.41, 5.74) is 8.02. The van der Waals surface area contributed by atoms with Gasteiger partial charge in [-0.05, 0) is 19.8 Å². The van der Waals surface area contributed by atoms with Gasteiger partial charge in [0.2, 0.25) is 0 Å². The number of aromatic nitrogens is 1. The molecule has 0 amide bonds. The normalized spacial score (nSPS) is 23.9. The van der Waals surface area contributed by atoms with E-state index in [1.54, 1.807) is 7.11 Å². The van der Waals surface area contributed by atoms with Crippen LogP contribution >= 0.6 is 0 Å². The highest BCUT2D eigenvalue weighted by Crippen LogP contribution is 2.21. The lowest BCUT2D eigenvalue weighted by molar-refractivity contribution is 0.0177. The second-order valence-corrected chi connectivity index (χ2v) is 5.29. The summed E-state index contributed by atoms with van der Waals surface area (Å²) >= 11 is 0. The minimum absolute atomic E-state index is 0.161. The van der Waals surface area contributed by atoms with E-state index in [0.29, 0.717) is 6.61 Å². The third-order valence-electron chi connectivity index (χ3n) is 3.66. The standard InChI is InChI=1S/C15H24N2O2/c1-11-8-13(18-2)9-12(17-11)10-19-15-7-5-3-4-6-14(15)16/h8-9,14-15H,3-7,10,16H2,1-2H3. The number of nitrogens with zero attached hydrogens (tertiary/aromatic N) is 1. The Morgan fingerprint density at radius 1 is 1.26 bits per heavy atom. The number of methoxy groups -OCH3 is 1. The first-order valence-electron chi connectivity index (χ1n) is 7.08. The molecule has 19 heavy (non-hydrogen) atoms. The monoisotopic (exact) mass is 264 g/mol. The maximum atomic E-state index is 6.16. The molecule has 1 aliphatic carbocycles. The topological polar surface area (TPSA) is 57.4 Å². The van der Waals surface area contributed by atoms with Crippen LogP contribution in [0.15, 0.2) is 12.1 Å². The van der Waals surface area contributed by atoms with E-state index >= 15 is 0 Å². The molecule has 106 valence electrons. The van der Waals surface area contributed by atoms with Crippen molar-refractivity contribution in [2.24, 2.45) is 5.73 Å². The molecule has 0 aliphatic heterocycles. The molecule has 1 saturated carbocycles. The number of ether oxygens (including phenoxy) is 2. The van der Waals surface area contributed by atoms with E-state index in [-0.39, 0.29) is 12.1 Å². The Kier molecular flexibility index (Phi) is 5.16. The first-order valence-corrected chi connectivity index (χ1v) is 7.08. The van der Waals surface area contributed by atoms with Crippen molar-refractivity contribution in [1.29, 1.82) is 0 Å². The summed E-state index contributed by atoms with van der Waals surface area (Å²) in [4.78, 5) is 4.47. The second kappa shape index (κ2) is 6.87. The summed E-state index contributed by atoms with van der Waals surface area (Å²) in [5.74, 6) is 0.830. The third-order valence-corrected chi connectivity index (χ3v) is 3.66. The molecule has 1 aromatic heterocycles. The van der Waals surface area contributed by atoms with Gasteiger partial charge in [0.25, 0.3) is 0 Å². The molecule has 1 aliphatic rings. The van der Waals surface area contributed by atoms with Gasteiger partial charge in [-0.1, -0.05) is 19.3 Å². The summed E-state index contributed by atoms with van der Waals surface area (Å²) in [5, 5.41) is 0. The number of hydrogen-bond acceptors (Lipinski definition) is 4. The van der Waals surface area contributed by atoms with Crippen LogP contribution in [0.25, 0.3) is 0 Å². The molecule has 2 rings (SSSR count). The second-order valence-electron chi connectivity index (χ2n) is 5.29. The zero-order valence-electron chi connectivity index (χ0n) is 11.9. The molecule has 2 atom stereocenters. The highest BCUT2D eigenvalue weighted by Gasteiger charge is 2.21. The van der Waals surface area contributed by atoms with Crippen LogP contribution in [0.5, 0.6) is 5.75 Å². The van der Waals surface area contributed by atoms with E-state index in [9.17, 15) is 0 Å². The van der Waals surface area contributed by atoms with Gasteiger partial charge in [-0.25, -0.2) is 0 Å². The van der Waals surface area contributed by atoms with Gasteiger partial charge < -0.3 is 15.2 Å². The van der Waals surface area contributed by atoms with Crippen LogP contribution in [0.1, 0.15) is 43.5 Å². The maximum absolute atomic E-state index is 6.16. The molecule has 1 aromatic rings.